The summed E-state index contributed by atoms with van der Waals surface area (Å²) in [6, 6.07) is 0. The molecule has 1 aliphatic carbocycles. The van der Waals surface area contributed by atoms with Gasteiger partial charge in [0, 0.05) is 11.8 Å². The van der Waals surface area contributed by atoms with Crippen LogP contribution in [0.15, 0.2) is 24.3 Å². The summed E-state index contributed by atoms with van der Waals surface area (Å²) in [4.78, 5) is 11.7. The summed E-state index contributed by atoms with van der Waals surface area (Å²) in [5, 5.41) is 10.0. The zero-order chi connectivity index (χ0) is 10.8. The molecule has 0 aliphatic heterocycles. The number of hydrogen-bond acceptors (Lipinski definition) is 2. The molecule has 0 saturated heterocycles. The Morgan fingerprint density at radius 3 is 2.50 bits per heavy atom. The van der Waals surface area contributed by atoms with Gasteiger partial charge in [0.1, 0.15) is 5.78 Å². The van der Waals surface area contributed by atoms with Crippen molar-refractivity contribution in [1.82, 2.24) is 0 Å². The van der Waals surface area contributed by atoms with Crippen molar-refractivity contribution >= 4 is 5.78 Å². The molecule has 0 aromatic carbocycles. The van der Waals surface area contributed by atoms with Crippen molar-refractivity contribution in [3.05, 3.63) is 24.3 Å². The maximum absolute atomic E-state index is 11.7. The Morgan fingerprint density at radius 2 is 2.07 bits per heavy atom. The van der Waals surface area contributed by atoms with Crippen LogP contribution in [0.25, 0.3) is 0 Å². The van der Waals surface area contributed by atoms with Gasteiger partial charge >= 0.3 is 0 Å². The van der Waals surface area contributed by atoms with E-state index in [4.69, 9.17) is 0 Å². The average molecular weight is 194 g/mol. The van der Waals surface area contributed by atoms with Crippen LogP contribution in [0, 0.1) is 5.41 Å². The summed E-state index contributed by atoms with van der Waals surface area (Å²) in [7, 11) is 0. The number of Topliss-reactive ketones (excluding diaryl/α,β-unsaturated/α-hetero) is 1. The lowest BCUT2D eigenvalue weighted by molar-refractivity contribution is -0.129. The fourth-order valence-corrected chi connectivity index (χ4v) is 1.33. The van der Waals surface area contributed by atoms with Gasteiger partial charge in [-0.2, -0.15) is 0 Å². The molecule has 1 rings (SSSR count). The molecule has 78 valence electrons. The smallest absolute Gasteiger partial charge is 0.141 e. The fraction of sp³-hybridized carbons (Fsp3) is 0.583. The van der Waals surface area contributed by atoms with E-state index in [9.17, 15) is 9.90 Å². The van der Waals surface area contributed by atoms with Gasteiger partial charge in [0.25, 0.3) is 0 Å². The SMILES string of the molecule is CC(C)(C)C(=O)CC1(O)C=CC=CC1. The maximum Gasteiger partial charge on any atom is 0.141 e. The lowest BCUT2D eigenvalue weighted by Crippen LogP contribution is -2.34. The van der Waals surface area contributed by atoms with Crippen molar-refractivity contribution in [2.24, 2.45) is 5.41 Å². The number of allylic oxidation sites excluding steroid dienone is 2. The monoisotopic (exact) mass is 194 g/mol. The van der Waals surface area contributed by atoms with Gasteiger partial charge in [-0.1, -0.05) is 45.1 Å². The van der Waals surface area contributed by atoms with Crippen molar-refractivity contribution in [3.63, 3.8) is 0 Å². The number of hydrogen-bond donors (Lipinski definition) is 1. The molecule has 14 heavy (non-hydrogen) atoms. The van der Waals surface area contributed by atoms with E-state index >= 15 is 0 Å². The molecular weight excluding hydrogens is 176 g/mol. The van der Waals surface area contributed by atoms with E-state index < -0.39 is 5.60 Å². The lowest BCUT2D eigenvalue weighted by atomic mass is 9.81. The van der Waals surface area contributed by atoms with Crippen molar-refractivity contribution in [1.29, 1.82) is 0 Å². The number of carbonyl (C=O) groups is 1. The number of rotatable bonds is 2. The zero-order valence-electron chi connectivity index (χ0n) is 9.08. The molecule has 0 heterocycles. The molecule has 0 aromatic rings. The van der Waals surface area contributed by atoms with Gasteiger partial charge in [-0.05, 0) is 6.42 Å². The molecule has 1 aliphatic rings. The molecule has 0 bridgehead atoms. The first-order valence-corrected chi connectivity index (χ1v) is 4.94. The lowest BCUT2D eigenvalue weighted by Gasteiger charge is -2.27. The number of ketones is 1. The highest BCUT2D eigenvalue weighted by Crippen LogP contribution is 2.27. The highest BCUT2D eigenvalue weighted by Gasteiger charge is 2.31. The summed E-state index contributed by atoms with van der Waals surface area (Å²) < 4.78 is 0. The maximum atomic E-state index is 11.7. The number of carbonyl (C=O) groups excluding carboxylic acids is 1. The molecule has 2 nitrogen and oxygen atoms in total. The van der Waals surface area contributed by atoms with Crippen LogP contribution in [0.2, 0.25) is 0 Å². The van der Waals surface area contributed by atoms with E-state index in [-0.39, 0.29) is 17.6 Å². The van der Waals surface area contributed by atoms with Gasteiger partial charge in [-0.25, -0.2) is 0 Å². The third kappa shape index (κ3) is 2.81. The van der Waals surface area contributed by atoms with E-state index in [1.807, 2.05) is 32.9 Å². The third-order valence-electron chi connectivity index (χ3n) is 2.43. The largest absolute Gasteiger partial charge is 0.385 e. The van der Waals surface area contributed by atoms with E-state index in [0.717, 1.165) is 0 Å². The van der Waals surface area contributed by atoms with Crippen LogP contribution in [0.5, 0.6) is 0 Å². The van der Waals surface area contributed by atoms with Gasteiger partial charge in [0.2, 0.25) is 0 Å². The van der Waals surface area contributed by atoms with Crippen LogP contribution in [-0.2, 0) is 4.79 Å². The Balaban J connectivity index is 2.65. The Kier molecular flexibility index (Phi) is 2.95. The Hall–Kier alpha value is -0.890. The zero-order valence-corrected chi connectivity index (χ0v) is 9.08. The minimum Gasteiger partial charge on any atom is -0.385 e. The molecule has 1 unspecified atom stereocenters. The highest BCUT2D eigenvalue weighted by atomic mass is 16.3. The normalized spacial score (nSPS) is 26.6. The van der Waals surface area contributed by atoms with Crippen LogP contribution in [0.3, 0.4) is 0 Å². The van der Waals surface area contributed by atoms with Gasteiger partial charge in [-0.15, -0.1) is 0 Å². The summed E-state index contributed by atoms with van der Waals surface area (Å²) in [5.41, 5.74) is -1.33. The molecular formula is C12H18O2. The summed E-state index contributed by atoms with van der Waals surface area (Å²) in [6.45, 7) is 5.63. The Labute approximate surface area is 85.3 Å². The number of aliphatic hydroxyl groups is 1. The summed E-state index contributed by atoms with van der Waals surface area (Å²) in [6.07, 6.45) is 8.00. The fourth-order valence-electron chi connectivity index (χ4n) is 1.33. The first-order chi connectivity index (χ1) is 6.33. The van der Waals surface area contributed by atoms with E-state index in [0.29, 0.717) is 6.42 Å². The second-order valence-electron chi connectivity index (χ2n) is 4.94. The third-order valence-corrected chi connectivity index (χ3v) is 2.43. The van der Waals surface area contributed by atoms with Crippen LogP contribution < -0.4 is 0 Å². The van der Waals surface area contributed by atoms with E-state index in [2.05, 4.69) is 0 Å². The second kappa shape index (κ2) is 3.70. The highest BCUT2D eigenvalue weighted by molar-refractivity contribution is 5.84. The van der Waals surface area contributed by atoms with Crippen molar-refractivity contribution in [3.8, 4) is 0 Å². The van der Waals surface area contributed by atoms with Gasteiger partial charge < -0.3 is 5.11 Å². The standard InChI is InChI=1S/C12H18O2/c1-11(2,3)10(13)9-12(14)7-5-4-6-8-12/h4-7,14H,8-9H2,1-3H3. The Morgan fingerprint density at radius 1 is 1.43 bits per heavy atom. The van der Waals surface area contributed by atoms with Crippen LogP contribution in [0.1, 0.15) is 33.6 Å². The van der Waals surface area contributed by atoms with Crippen molar-refractivity contribution in [2.45, 2.75) is 39.2 Å². The quantitative estimate of drug-likeness (QED) is 0.732. The predicted molar refractivity (Wildman–Crippen MR) is 56.9 cm³/mol. The van der Waals surface area contributed by atoms with Crippen molar-refractivity contribution < 1.29 is 9.90 Å². The van der Waals surface area contributed by atoms with Gasteiger partial charge in [-0.3, -0.25) is 4.79 Å². The van der Waals surface area contributed by atoms with Crippen molar-refractivity contribution in [2.75, 3.05) is 0 Å². The molecule has 1 atom stereocenters. The summed E-state index contributed by atoms with van der Waals surface area (Å²) in [5.74, 6) is 0.0972. The predicted octanol–water partition coefficient (Wildman–Crippen LogP) is 2.24. The molecule has 1 N–H and O–H groups in total. The molecule has 0 aromatic heterocycles. The molecule has 0 saturated carbocycles. The first kappa shape index (κ1) is 11.2. The summed E-state index contributed by atoms with van der Waals surface area (Å²) >= 11 is 0. The van der Waals surface area contributed by atoms with Gasteiger partial charge in [0.05, 0.1) is 5.60 Å². The minimum absolute atomic E-state index is 0.0972. The molecule has 0 radical (unpaired) electrons. The molecule has 2 heteroatoms. The van der Waals surface area contributed by atoms with Gasteiger partial charge in [0.15, 0.2) is 0 Å². The van der Waals surface area contributed by atoms with Crippen LogP contribution in [0.4, 0.5) is 0 Å². The topological polar surface area (TPSA) is 37.3 Å². The first-order valence-electron chi connectivity index (χ1n) is 4.94. The van der Waals surface area contributed by atoms with Crippen LogP contribution in [-0.4, -0.2) is 16.5 Å². The Bertz CT molecular complexity index is 281. The molecule has 0 fully saturated rings. The van der Waals surface area contributed by atoms with E-state index in [1.165, 1.54) is 0 Å². The van der Waals surface area contributed by atoms with Crippen LogP contribution >= 0.6 is 0 Å². The average Bonchev–Trinajstić information content (AvgIpc) is 2.02. The molecule has 0 amide bonds. The van der Waals surface area contributed by atoms with E-state index in [1.54, 1.807) is 12.2 Å². The minimum atomic E-state index is -0.959. The molecule has 0 spiro atoms. The second-order valence-corrected chi connectivity index (χ2v) is 4.94.